The Morgan fingerprint density at radius 3 is 2.50 bits per heavy atom. The Labute approximate surface area is 234 Å². The zero-order chi connectivity index (χ0) is 28.4. The number of carbonyl (C=O) groups excluding carboxylic acids is 1. The number of halogens is 4. The Morgan fingerprint density at radius 2 is 1.80 bits per heavy atom. The average Bonchev–Trinajstić information content (AvgIpc) is 2.93. The van der Waals surface area contributed by atoms with Crippen LogP contribution in [0.2, 0.25) is 5.02 Å². The largest absolute Gasteiger partial charge is 0.497 e. The van der Waals surface area contributed by atoms with Gasteiger partial charge in [0.2, 0.25) is 5.91 Å². The van der Waals surface area contributed by atoms with Gasteiger partial charge in [-0.2, -0.15) is 0 Å². The molecule has 2 N–H and O–H groups in total. The standard InChI is InChI=1S/C29H28ClF3N2O5/c1-38-19-4-2-17(3-5-19)15-39-25-14-35(28-22(32)12-18(30)13-23(28)33)11-10-29(25,37)16-40-24-8-7-21(31)27-20(24)6-9-26(36)34-27/h2-5,7-8,12-13,25,37H,6,9-11,14-16H2,1H3,(H,34,36)/t25-,29+/m1/s1. The van der Waals surface area contributed by atoms with E-state index in [1.807, 2.05) is 12.1 Å². The molecule has 1 amide bonds. The van der Waals surface area contributed by atoms with Crippen LogP contribution in [-0.2, 0) is 22.6 Å². The second-order valence-corrected chi connectivity index (χ2v) is 10.3. The quantitative estimate of drug-likeness (QED) is 0.381. The van der Waals surface area contributed by atoms with Crippen molar-refractivity contribution >= 4 is 28.9 Å². The minimum atomic E-state index is -1.55. The Morgan fingerprint density at radius 1 is 1.07 bits per heavy atom. The van der Waals surface area contributed by atoms with Crippen LogP contribution in [0, 0.1) is 17.5 Å². The van der Waals surface area contributed by atoms with Gasteiger partial charge < -0.3 is 29.5 Å². The minimum absolute atomic E-state index is 0.0386. The molecule has 3 aromatic carbocycles. The van der Waals surface area contributed by atoms with Crippen molar-refractivity contribution < 1.29 is 37.3 Å². The first-order valence-corrected chi connectivity index (χ1v) is 13.1. The van der Waals surface area contributed by atoms with E-state index in [2.05, 4.69) is 5.32 Å². The monoisotopic (exact) mass is 576 g/mol. The van der Waals surface area contributed by atoms with E-state index < -0.39 is 29.2 Å². The maximum Gasteiger partial charge on any atom is 0.224 e. The number of aliphatic hydroxyl groups is 1. The highest BCUT2D eigenvalue weighted by Gasteiger charge is 2.44. The molecule has 2 heterocycles. The van der Waals surface area contributed by atoms with Crippen molar-refractivity contribution in [2.24, 2.45) is 0 Å². The summed E-state index contributed by atoms with van der Waals surface area (Å²) in [6.45, 7) is -0.0571. The third-order valence-electron chi connectivity index (χ3n) is 7.27. The van der Waals surface area contributed by atoms with Crippen molar-refractivity contribution in [1.29, 1.82) is 0 Å². The number of methoxy groups -OCH3 is 1. The molecule has 0 saturated carbocycles. The molecule has 2 aliphatic heterocycles. The molecule has 2 atom stereocenters. The zero-order valence-electron chi connectivity index (χ0n) is 21.7. The first kappa shape index (κ1) is 28.1. The van der Waals surface area contributed by atoms with E-state index in [1.54, 1.807) is 19.2 Å². The molecule has 1 fully saturated rings. The van der Waals surface area contributed by atoms with Crippen LogP contribution in [0.15, 0.2) is 48.5 Å². The molecule has 11 heteroatoms. The second-order valence-electron chi connectivity index (χ2n) is 9.90. The molecule has 40 heavy (non-hydrogen) atoms. The number of benzene rings is 3. The Kier molecular flexibility index (Phi) is 8.11. The number of hydrogen-bond donors (Lipinski definition) is 2. The number of nitrogens with one attached hydrogen (secondary N) is 1. The topological polar surface area (TPSA) is 80.3 Å². The smallest absolute Gasteiger partial charge is 0.224 e. The minimum Gasteiger partial charge on any atom is -0.497 e. The van der Waals surface area contributed by atoms with Gasteiger partial charge in [0.15, 0.2) is 11.6 Å². The number of rotatable bonds is 8. The van der Waals surface area contributed by atoms with Crippen molar-refractivity contribution in [3.8, 4) is 11.5 Å². The van der Waals surface area contributed by atoms with Crippen LogP contribution >= 0.6 is 11.6 Å². The fraction of sp³-hybridized carbons (Fsp3) is 0.345. The summed E-state index contributed by atoms with van der Waals surface area (Å²) in [6, 6.07) is 11.9. The van der Waals surface area contributed by atoms with Crippen LogP contribution in [0.5, 0.6) is 11.5 Å². The highest BCUT2D eigenvalue weighted by Crippen LogP contribution is 2.37. The lowest BCUT2D eigenvalue weighted by atomic mass is 9.88. The average molecular weight is 577 g/mol. The number of amides is 1. The van der Waals surface area contributed by atoms with E-state index in [0.29, 0.717) is 17.1 Å². The first-order valence-electron chi connectivity index (χ1n) is 12.8. The van der Waals surface area contributed by atoms with Gasteiger partial charge in [0.05, 0.1) is 19.4 Å². The van der Waals surface area contributed by atoms with E-state index in [1.165, 1.54) is 17.0 Å². The summed E-state index contributed by atoms with van der Waals surface area (Å²) >= 11 is 5.81. The first-order chi connectivity index (χ1) is 19.2. The van der Waals surface area contributed by atoms with E-state index in [9.17, 15) is 23.1 Å². The number of nitrogens with zero attached hydrogens (tertiary/aromatic N) is 1. The number of carbonyl (C=O) groups is 1. The van der Waals surface area contributed by atoms with Crippen LogP contribution < -0.4 is 19.7 Å². The fourth-order valence-electron chi connectivity index (χ4n) is 5.04. The van der Waals surface area contributed by atoms with Crippen molar-refractivity contribution in [2.75, 3.05) is 37.0 Å². The van der Waals surface area contributed by atoms with E-state index in [0.717, 1.165) is 17.7 Å². The van der Waals surface area contributed by atoms with Crippen molar-refractivity contribution in [3.05, 3.63) is 82.1 Å². The van der Waals surface area contributed by atoms with Crippen LogP contribution in [0.25, 0.3) is 0 Å². The van der Waals surface area contributed by atoms with Gasteiger partial charge in [-0.1, -0.05) is 23.7 Å². The van der Waals surface area contributed by atoms with Gasteiger partial charge in [-0.05, 0) is 54.8 Å². The second kappa shape index (κ2) is 11.6. The predicted octanol–water partition coefficient (Wildman–Crippen LogP) is 5.26. The van der Waals surface area contributed by atoms with E-state index in [-0.39, 0.29) is 67.9 Å². The predicted molar refractivity (Wildman–Crippen MR) is 144 cm³/mol. The fourth-order valence-corrected chi connectivity index (χ4v) is 5.24. The molecule has 0 bridgehead atoms. The lowest BCUT2D eigenvalue weighted by Crippen LogP contribution is -2.59. The molecule has 0 radical (unpaired) electrons. The van der Waals surface area contributed by atoms with Gasteiger partial charge >= 0.3 is 0 Å². The van der Waals surface area contributed by atoms with Crippen molar-refractivity contribution in [3.63, 3.8) is 0 Å². The lowest BCUT2D eigenvalue weighted by Gasteiger charge is -2.45. The SMILES string of the molecule is COc1ccc(CO[C@@H]2CN(c3c(F)cc(Cl)cc3F)CC[C@]2(O)COc2ccc(F)c3c2CCC(=O)N3)cc1. The highest BCUT2D eigenvalue weighted by atomic mass is 35.5. The number of anilines is 2. The summed E-state index contributed by atoms with van der Waals surface area (Å²) < 4.78 is 61.2. The molecule has 0 unspecified atom stereocenters. The molecule has 3 aromatic rings. The van der Waals surface area contributed by atoms with Gasteiger partial charge in [-0.15, -0.1) is 0 Å². The number of hydrogen-bond acceptors (Lipinski definition) is 6. The van der Waals surface area contributed by atoms with Gasteiger partial charge in [0.1, 0.15) is 41.3 Å². The van der Waals surface area contributed by atoms with Crippen LogP contribution in [-0.4, -0.2) is 49.5 Å². The Bertz CT molecular complexity index is 1380. The summed E-state index contributed by atoms with van der Waals surface area (Å²) in [5.41, 5.74) is -0.443. The number of ether oxygens (including phenoxy) is 3. The summed E-state index contributed by atoms with van der Waals surface area (Å²) in [4.78, 5) is 13.3. The van der Waals surface area contributed by atoms with Gasteiger partial charge in [-0.3, -0.25) is 4.79 Å². The normalized spacial score (nSPS) is 20.6. The summed E-state index contributed by atoms with van der Waals surface area (Å²) in [5, 5.41) is 14.2. The third kappa shape index (κ3) is 5.84. The molecule has 0 spiro atoms. The Hall–Kier alpha value is -3.47. The number of fused-ring (bicyclic) bond motifs is 1. The molecule has 0 aromatic heterocycles. The van der Waals surface area contributed by atoms with Crippen LogP contribution in [0.1, 0.15) is 24.0 Å². The van der Waals surface area contributed by atoms with Crippen molar-refractivity contribution in [1.82, 2.24) is 0 Å². The maximum absolute atomic E-state index is 14.8. The molecule has 7 nitrogen and oxygen atoms in total. The maximum atomic E-state index is 14.8. The third-order valence-corrected chi connectivity index (χ3v) is 7.49. The Balaban J connectivity index is 1.38. The molecule has 2 aliphatic rings. The van der Waals surface area contributed by atoms with E-state index in [4.69, 9.17) is 25.8 Å². The molecular formula is C29H28ClF3N2O5. The van der Waals surface area contributed by atoms with Crippen LogP contribution in [0.3, 0.4) is 0 Å². The van der Waals surface area contributed by atoms with Crippen LogP contribution in [0.4, 0.5) is 24.5 Å². The molecule has 1 saturated heterocycles. The number of piperidine rings is 1. The van der Waals surface area contributed by atoms with Crippen molar-refractivity contribution in [2.45, 2.75) is 37.6 Å². The zero-order valence-corrected chi connectivity index (χ0v) is 22.4. The molecule has 0 aliphatic carbocycles. The molecule has 212 valence electrons. The van der Waals surface area contributed by atoms with E-state index >= 15 is 0 Å². The molecule has 5 rings (SSSR count). The summed E-state index contributed by atoms with van der Waals surface area (Å²) in [6.07, 6.45) is -0.402. The van der Waals surface area contributed by atoms with Gasteiger partial charge in [0.25, 0.3) is 0 Å². The highest BCUT2D eigenvalue weighted by molar-refractivity contribution is 6.30. The van der Waals surface area contributed by atoms with Gasteiger partial charge in [-0.25, -0.2) is 13.2 Å². The van der Waals surface area contributed by atoms with Gasteiger partial charge in [0, 0.05) is 30.1 Å². The lowest BCUT2D eigenvalue weighted by molar-refractivity contribution is -0.140. The summed E-state index contributed by atoms with van der Waals surface area (Å²) in [5.74, 6) is -1.50. The summed E-state index contributed by atoms with van der Waals surface area (Å²) in [7, 11) is 1.56. The molecular weight excluding hydrogens is 549 g/mol.